The summed E-state index contributed by atoms with van der Waals surface area (Å²) in [6, 6.07) is 7.17. The van der Waals surface area contributed by atoms with Gasteiger partial charge < -0.3 is 5.32 Å². The molecule has 1 N–H and O–H groups in total. The fraction of sp³-hybridized carbons (Fsp3) is 0.286. The van der Waals surface area contributed by atoms with E-state index >= 15 is 0 Å². The molecule has 3 heterocycles. The molecule has 0 saturated carbocycles. The van der Waals surface area contributed by atoms with Gasteiger partial charge in [0.1, 0.15) is 0 Å². The Hall–Kier alpha value is -0.680. The number of fused-ring (bicyclic) bond motifs is 1. The third kappa shape index (κ3) is 2.14. The summed E-state index contributed by atoms with van der Waals surface area (Å²) < 4.78 is 2.82. The Morgan fingerprint density at radius 2 is 2.00 bits per heavy atom. The van der Waals surface area contributed by atoms with Crippen LogP contribution in [0, 0.1) is 6.92 Å². The molecule has 3 aromatic rings. The van der Waals surface area contributed by atoms with Gasteiger partial charge in [0, 0.05) is 19.2 Å². The molecule has 0 aliphatic rings. The summed E-state index contributed by atoms with van der Waals surface area (Å²) in [4.78, 5) is 2.85. The average Bonchev–Trinajstić information content (AvgIpc) is 3.00. The topological polar surface area (TPSA) is 12.0 Å². The van der Waals surface area contributed by atoms with Crippen LogP contribution in [-0.4, -0.2) is 6.54 Å². The summed E-state index contributed by atoms with van der Waals surface area (Å²) >= 11 is 5.57. The number of thiophene rings is 3. The van der Waals surface area contributed by atoms with Gasteiger partial charge in [0.2, 0.25) is 0 Å². The van der Waals surface area contributed by atoms with E-state index in [0.29, 0.717) is 6.04 Å². The summed E-state index contributed by atoms with van der Waals surface area (Å²) in [5.41, 5.74) is 1.43. The van der Waals surface area contributed by atoms with E-state index in [1.54, 1.807) is 0 Å². The first kappa shape index (κ1) is 12.4. The molecule has 3 rings (SSSR count). The Balaban J connectivity index is 2.04. The van der Waals surface area contributed by atoms with Crippen molar-refractivity contribution in [3.05, 3.63) is 44.3 Å². The minimum atomic E-state index is 0.353. The van der Waals surface area contributed by atoms with Gasteiger partial charge >= 0.3 is 0 Å². The Morgan fingerprint density at radius 3 is 2.67 bits per heavy atom. The van der Waals surface area contributed by atoms with Crippen LogP contribution in [0.2, 0.25) is 0 Å². The van der Waals surface area contributed by atoms with Gasteiger partial charge in [-0.1, -0.05) is 6.92 Å². The number of aryl methyl sites for hydroxylation is 1. The monoisotopic (exact) mass is 293 g/mol. The van der Waals surface area contributed by atoms with Crippen molar-refractivity contribution in [2.75, 3.05) is 6.54 Å². The zero-order valence-corrected chi connectivity index (χ0v) is 12.8. The zero-order valence-electron chi connectivity index (χ0n) is 10.4. The van der Waals surface area contributed by atoms with Crippen molar-refractivity contribution in [3.63, 3.8) is 0 Å². The highest BCUT2D eigenvalue weighted by Gasteiger charge is 2.18. The van der Waals surface area contributed by atoms with Gasteiger partial charge in [-0.05, 0) is 48.0 Å². The van der Waals surface area contributed by atoms with E-state index < -0.39 is 0 Å². The van der Waals surface area contributed by atoms with Crippen molar-refractivity contribution in [1.82, 2.24) is 5.32 Å². The van der Waals surface area contributed by atoms with Crippen LogP contribution in [0.3, 0.4) is 0 Å². The van der Waals surface area contributed by atoms with Crippen LogP contribution in [0.25, 0.3) is 9.40 Å². The largest absolute Gasteiger partial charge is 0.306 e. The maximum atomic E-state index is 3.61. The highest BCUT2D eigenvalue weighted by molar-refractivity contribution is 7.27. The number of rotatable bonds is 4. The molecule has 1 nitrogen and oxygen atoms in total. The Kier molecular flexibility index (Phi) is 3.52. The third-order valence-electron chi connectivity index (χ3n) is 3.06. The van der Waals surface area contributed by atoms with Crippen molar-refractivity contribution < 1.29 is 0 Å². The third-order valence-corrected chi connectivity index (χ3v) is 6.08. The first-order valence-electron chi connectivity index (χ1n) is 6.04. The lowest BCUT2D eigenvalue weighted by molar-refractivity contribution is 0.639. The van der Waals surface area contributed by atoms with Gasteiger partial charge in [0.25, 0.3) is 0 Å². The number of nitrogens with one attached hydrogen (secondary N) is 1. The van der Waals surface area contributed by atoms with E-state index in [2.05, 4.69) is 48.1 Å². The summed E-state index contributed by atoms with van der Waals surface area (Å²) in [5.74, 6) is 0. The molecule has 0 bridgehead atoms. The van der Waals surface area contributed by atoms with Gasteiger partial charge in [-0.2, -0.15) is 0 Å². The van der Waals surface area contributed by atoms with E-state index in [1.807, 2.05) is 34.0 Å². The second-order valence-electron chi connectivity index (χ2n) is 4.22. The normalized spacial score (nSPS) is 13.2. The molecular weight excluding hydrogens is 278 g/mol. The van der Waals surface area contributed by atoms with Gasteiger partial charge in [0.05, 0.1) is 6.04 Å². The molecule has 0 radical (unpaired) electrons. The van der Waals surface area contributed by atoms with E-state index in [9.17, 15) is 0 Å². The minimum Gasteiger partial charge on any atom is -0.306 e. The Morgan fingerprint density at radius 1 is 1.17 bits per heavy atom. The molecule has 0 saturated heterocycles. The predicted octanol–water partition coefficient (Wildman–Crippen LogP) is 5.03. The van der Waals surface area contributed by atoms with Gasteiger partial charge in [-0.15, -0.1) is 34.0 Å². The van der Waals surface area contributed by atoms with E-state index in [1.165, 1.54) is 24.7 Å². The van der Waals surface area contributed by atoms with E-state index in [-0.39, 0.29) is 0 Å². The quantitative estimate of drug-likeness (QED) is 0.711. The van der Waals surface area contributed by atoms with Crippen molar-refractivity contribution in [2.24, 2.45) is 0 Å². The Labute approximate surface area is 119 Å². The fourth-order valence-corrected chi connectivity index (χ4v) is 5.14. The van der Waals surface area contributed by atoms with Crippen molar-refractivity contribution in [1.29, 1.82) is 0 Å². The molecule has 0 aliphatic carbocycles. The van der Waals surface area contributed by atoms with Crippen molar-refractivity contribution in [2.45, 2.75) is 19.9 Å². The van der Waals surface area contributed by atoms with E-state index in [4.69, 9.17) is 0 Å². The standard InChI is InChI=1S/C14H15NS3/c1-3-15-14(10-4-6-16-9(10)2)13-8-12-11(18-13)5-7-17-12/h4-8,14-15H,3H2,1-2H3. The van der Waals surface area contributed by atoms with Gasteiger partial charge in [-0.3, -0.25) is 0 Å². The summed E-state index contributed by atoms with van der Waals surface area (Å²) in [5, 5.41) is 7.97. The lowest BCUT2D eigenvalue weighted by Gasteiger charge is -2.16. The molecule has 1 unspecified atom stereocenters. The van der Waals surface area contributed by atoms with E-state index in [0.717, 1.165) is 6.54 Å². The smallest absolute Gasteiger partial charge is 0.0682 e. The second-order valence-corrected chi connectivity index (χ2v) is 7.40. The maximum absolute atomic E-state index is 3.61. The van der Waals surface area contributed by atoms with Gasteiger partial charge in [-0.25, -0.2) is 0 Å². The molecule has 0 spiro atoms. The van der Waals surface area contributed by atoms with Gasteiger partial charge in [0.15, 0.2) is 0 Å². The average molecular weight is 293 g/mol. The predicted molar refractivity (Wildman–Crippen MR) is 84.3 cm³/mol. The molecule has 94 valence electrons. The van der Waals surface area contributed by atoms with Crippen molar-refractivity contribution in [3.8, 4) is 0 Å². The molecule has 0 fully saturated rings. The molecule has 1 atom stereocenters. The lowest BCUT2D eigenvalue weighted by Crippen LogP contribution is -2.21. The molecule has 18 heavy (non-hydrogen) atoms. The molecule has 0 aromatic carbocycles. The van der Waals surface area contributed by atoms with Crippen molar-refractivity contribution >= 4 is 43.4 Å². The number of hydrogen-bond donors (Lipinski definition) is 1. The summed E-state index contributed by atoms with van der Waals surface area (Å²) in [6.07, 6.45) is 0. The summed E-state index contributed by atoms with van der Waals surface area (Å²) in [7, 11) is 0. The molecule has 0 amide bonds. The molecule has 0 aliphatic heterocycles. The highest BCUT2D eigenvalue weighted by Crippen LogP contribution is 2.37. The highest BCUT2D eigenvalue weighted by atomic mass is 32.1. The first-order chi connectivity index (χ1) is 8.79. The van der Waals surface area contributed by atoms with Crippen LogP contribution in [0.4, 0.5) is 0 Å². The second kappa shape index (κ2) is 5.13. The lowest BCUT2D eigenvalue weighted by atomic mass is 10.1. The van der Waals surface area contributed by atoms with Crippen LogP contribution < -0.4 is 5.32 Å². The molecule has 4 heteroatoms. The van der Waals surface area contributed by atoms with Crippen LogP contribution in [-0.2, 0) is 0 Å². The van der Waals surface area contributed by atoms with Crippen LogP contribution in [0.5, 0.6) is 0 Å². The molecule has 3 aromatic heterocycles. The fourth-order valence-electron chi connectivity index (χ4n) is 2.19. The first-order valence-corrected chi connectivity index (χ1v) is 8.61. The minimum absolute atomic E-state index is 0.353. The van der Waals surface area contributed by atoms with Crippen LogP contribution in [0.15, 0.2) is 29.0 Å². The zero-order chi connectivity index (χ0) is 12.5. The summed E-state index contributed by atoms with van der Waals surface area (Å²) in [6.45, 7) is 5.37. The van der Waals surface area contributed by atoms with Crippen LogP contribution in [0.1, 0.15) is 28.3 Å². The maximum Gasteiger partial charge on any atom is 0.0682 e. The Bertz CT molecular complexity index is 618. The SMILES string of the molecule is CCNC(c1cc2sccc2s1)c1ccsc1C. The number of hydrogen-bond acceptors (Lipinski definition) is 4. The van der Waals surface area contributed by atoms with Crippen LogP contribution >= 0.6 is 34.0 Å². The molecular formula is C14H15NS3.